The predicted molar refractivity (Wildman–Crippen MR) is 86.8 cm³/mol. The number of fused-ring (bicyclic) bond motifs is 1. The molecule has 0 aliphatic carbocycles. The van der Waals surface area contributed by atoms with Crippen LogP contribution in [0, 0.1) is 0 Å². The van der Waals surface area contributed by atoms with E-state index in [9.17, 15) is 0 Å². The second-order valence-electron chi connectivity index (χ2n) is 4.78. The molecule has 0 saturated carbocycles. The van der Waals surface area contributed by atoms with Crippen LogP contribution in [0.25, 0.3) is 11.0 Å². The van der Waals surface area contributed by atoms with Gasteiger partial charge in [-0.25, -0.2) is 4.98 Å². The molecule has 0 amide bonds. The van der Waals surface area contributed by atoms with E-state index in [0.29, 0.717) is 0 Å². The van der Waals surface area contributed by atoms with Crippen LogP contribution in [0.4, 0.5) is 11.6 Å². The molecule has 0 unspecified atom stereocenters. The van der Waals surface area contributed by atoms with E-state index in [1.165, 1.54) is 5.56 Å². The lowest BCUT2D eigenvalue weighted by atomic mass is 10.2. The first-order valence-electron chi connectivity index (χ1n) is 6.33. The van der Waals surface area contributed by atoms with Gasteiger partial charge in [0, 0.05) is 23.8 Å². The van der Waals surface area contributed by atoms with Gasteiger partial charge in [0.15, 0.2) is 0 Å². The minimum Gasteiger partial charge on any atom is -0.399 e. The van der Waals surface area contributed by atoms with Gasteiger partial charge in [-0.05, 0) is 29.8 Å². The standard InChI is InChI=1S/C15H15BrN4/c1-20(9-10-4-2-3-5-12(10)16)15-18-13-7-6-11(17)8-14(13)19-15/h2-8H,9,17H2,1H3,(H,18,19). The van der Waals surface area contributed by atoms with Crippen molar-refractivity contribution in [3.8, 4) is 0 Å². The fraction of sp³-hybridized carbons (Fsp3) is 0.133. The molecule has 4 nitrogen and oxygen atoms in total. The minimum absolute atomic E-state index is 0.737. The smallest absolute Gasteiger partial charge is 0.203 e. The van der Waals surface area contributed by atoms with Crippen molar-refractivity contribution < 1.29 is 0 Å². The summed E-state index contributed by atoms with van der Waals surface area (Å²) >= 11 is 3.57. The molecule has 1 aromatic heterocycles. The van der Waals surface area contributed by atoms with Crippen LogP contribution < -0.4 is 10.6 Å². The summed E-state index contributed by atoms with van der Waals surface area (Å²) in [6.07, 6.45) is 0. The SMILES string of the molecule is CN(Cc1ccccc1Br)c1nc2ccc(N)cc2[nH]1. The Morgan fingerprint density at radius 3 is 2.85 bits per heavy atom. The predicted octanol–water partition coefficient (Wildman–Crippen LogP) is 3.54. The summed E-state index contributed by atoms with van der Waals surface area (Å²) in [6, 6.07) is 13.9. The molecule has 0 spiro atoms. The average Bonchev–Trinajstić information content (AvgIpc) is 2.84. The summed E-state index contributed by atoms with van der Waals surface area (Å²) in [5.41, 5.74) is 9.62. The Balaban J connectivity index is 1.89. The lowest BCUT2D eigenvalue weighted by Crippen LogP contribution is -2.17. The molecule has 3 rings (SSSR count). The molecule has 102 valence electrons. The number of nitrogens with zero attached hydrogens (tertiary/aromatic N) is 2. The summed E-state index contributed by atoms with van der Waals surface area (Å²) in [4.78, 5) is 9.95. The monoisotopic (exact) mass is 330 g/mol. The molecule has 1 heterocycles. The van der Waals surface area contributed by atoms with Crippen LogP contribution in [0.2, 0.25) is 0 Å². The summed E-state index contributed by atoms with van der Waals surface area (Å²) in [5, 5.41) is 0. The number of benzene rings is 2. The molecule has 0 bridgehead atoms. The number of nitrogen functional groups attached to an aromatic ring is 1. The lowest BCUT2D eigenvalue weighted by molar-refractivity contribution is 0.881. The zero-order chi connectivity index (χ0) is 14.1. The zero-order valence-corrected chi connectivity index (χ0v) is 12.7. The second kappa shape index (κ2) is 5.17. The highest BCUT2D eigenvalue weighted by molar-refractivity contribution is 9.10. The minimum atomic E-state index is 0.737. The third kappa shape index (κ3) is 2.49. The van der Waals surface area contributed by atoms with Crippen LogP contribution in [0.15, 0.2) is 46.9 Å². The van der Waals surface area contributed by atoms with Crippen LogP contribution in [0.1, 0.15) is 5.56 Å². The highest BCUT2D eigenvalue weighted by Gasteiger charge is 2.09. The maximum absolute atomic E-state index is 5.79. The number of aromatic nitrogens is 2. The van der Waals surface area contributed by atoms with Gasteiger partial charge in [0.25, 0.3) is 0 Å². The number of nitrogens with one attached hydrogen (secondary N) is 1. The molecule has 0 fully saturated rings. The molecule has 3 N–H and O–H groups in total. The number of hydrogen-bond acceptors (Lipinski definition) is 3. The second-order valence-corrected chi connectivity index (χ2v) is 5.64. The number of anilines is 2. The molecule has 0 radical (unpaired) electrons. The first kappa shape index (κ1) is 13.0. The van der Waals surface area contributed by atoms with Crippen molar-refractivity contribution in [1.82, 2.24) is 9.97 Å². The summed E-state index contributed by atoms with van der Waals surface area (Å²) in [6.45, 7) is 0.775. The van der Waals surface area contributed by atoms with E-state index in [4.69, 9.17) is 5.73 Å². The average molecular weight is 331 g/mol. The third-order valence-electron chi connectivity index (χ3n) is 3.22. The van der Waals surface area contributed by atoms with E-state index in [1.807, 2.05) is 43.4 Å². The number of hydrogen-bond donors (Lipinski definition) is 2. The van der Waals surface area contributed by atoms with Gasteiger partial charge in [-0.15, -0.1) is 0 Å². The van der Waals surface area contributed by atoms with Crippen molar-refractivity contribution in [2.24, 2.45) is 0 Å². The molecule has 20 heavy (non-hydrogen) atoms. The molecule has 3 aromatic rings. The maximum Gasteiger partial charge on any atom is 0.203 e. The van der Waals surface area contributed by atoms with Crippen LogP contribution in [0.5, 0.6) is 0 Å². The quantitative estimate of drug-likeness (QED) is 0.722. The highest BCUT2D eigenvalue weighted by atomic mass is 79.9. The van der Waals surface area contributed by atoms with Crippen molar-refractivity contribution in [2.75, 3.05) is 17.7 Å². The van der Waals surface area contributed by atoms with Crippen LogP contribution in [-0.2, 0) is 6.54 Å². The lowest BCUT2D eigenvalue weighted by Gasteiger charge is -2.16. The van der Waals surface area contributed by atoms with Gasteiger partial charge < -0.3 is 15.6 Å². The number of imidazole rings is 1. The Hall–Kier alpha value is -2.01. The molecular weight excluding hydrogens is 316 g/mol. The van der Waals surface area contributed by atoms with Crippen molar-refractivity contribution in [3.63, 3.8) is 0 Å². The highest BCUT2D eigenvalue weighted by Crippen LogP contribution is 2.22. The molecule has 0 saturated heterocycles. The first-order chi connectivity index (χ1) is 9.63. The van der Waals surface area contributed by atoms with Crippen molar-refractivity contribution >= 4 is 38.6 Å². The normalized spacial score (nSPS) is 10.9. The fourth-order valence-corrected chi connectivity index (χ4v) is 2.56. The van der Waals surface area contributed by atoms with Gasteiger partial charge in [0.05, 0.1) is 11.0 Å². The van der Waals surface area contributed by atoms with Gasteiger partial charge in [0.2, 0.25) is 5.95 Å². The zero-order valence-electron chi connectivity index (χ0n) is 11.1. The van der Waals surface area contributed by atoms with Crippen LogP contribution >= 0.6 is 15.9 Å². The Kier molecular flexibility index (Phi) is 3.36. The summed E-state index contributed by atoms with van der Waals surface area (Å²) < 4.78 is 1.10. The van der Waals surface area contributed by atoms with Gasteiger partial charge >= 0.3 is 0 Å². The number of aromatic amines is 1. The van der Waals surface area contributed by atoms with Crippen molar-refractivity contribution in [2.45, 2.75) is 6.54 Å². The third-order valence-corrected chi connectivity index (χ3v) is 3.99. The number of rotatable bonds is 3. The molecule has 5 heteroatoms. The molecular formula is C15H15BrN4. The van der Waals surface area contributed by atoms with E-state index < -0.39 is 0 Å². The molecule has 2 aromatic carbocycles. The van der Waals surface area contributed by atoms with E-state index >= 15 is 0 Å². The van der Waals surface area contributed by atoms with Crippen LogP contribution in [-0.4, -0.2) is 17.0 Å². The summed E-state index contributed by atoms with van der Waals surface area (Å²) in [5.74, 6) is 0.835. The number of halogens is 1. The van der Waals surface area contributed by atoms with E-state index in [0.717, 1.165) is 33.7 Å². The van der Waals surface area contributed by atoms with Gasteiger partial charge in [0.1, 0.15) is 0 Å². The van der Waals surface area contributed by atoms with Crippen molar-refractivity contribution in [3.05, 3.63) is 52.5 Å². The van der Waals surface area contributed by atoms with E-state index in [2.05, 4.69) is 36.9 Å². The maximum atomic E-state index is 5.79. The first-order valence-corrected chi connectivity index (χ1v) is 7.12. The number of H-pyrrole nitrogens is 1. The fourth-order valence-electron chi connectivity index (χ4n) is 2.15. The van der Waals surface area contributed by atoms with Crippen LogP contribution in [0.3, 0.4) is 0 Å². The molecule has 0 atom stereocenters. The van der Waals surface area contributed by atoms with E-state index in [1.54, 1.807) is 0 Å². The Bertz CT molecular complexity index is 750. The Morgan fingerprint density at radius 1 is 1.25 bits per heavy atom. The Labute approximate surface area is 125 Å². The van der Waals surface area contributed by atoms with Gasteiger partial charge in [-0.3, -0.25) is 0 Å². The summed E-state index contributed by atoms with van der Waals surface area (Å²) in [7, 11) is 2.01. The van der Waals surface area contributed by atoms with Crippen molar-refractivity contribution in [1.29, 1.82) is 0 Å². The topological polar surface area (TPSA) is 57.9 Å². The van der Waals surface area contributed by atoms with Gasteiger partial charge in [-0.2, -0.15) is 0 Å². The molecule has 0 aliphatic heterocycles. The Morgan fingerprint density at radius 2 is 2.05 bits per heavy atom. The largest absolute Gasteiger partial charge is 0.399 e. The van der Waals surface area contributed by atoms with E-state index in [-0.39, 0.29) is 0 Å². The number of nitrogens with two attached hydrogens (primary N) is 1. The molecule has 0 aliphatic rings. The van der Waals surface area contributed by atoms with Gasteiger partial charge in [-0.1, -0.05) is 34.1 Å².